The Balaban J connectivity index is 0.000000354. The third-order valence-electron chi connectivity index (χ3n) is 6.93. The zero-order chi connectivity index (χ0) is 37.6. The largest absolute Gasteiger partial charge is 0.493 e. The van der Waals surface area contributed by atoms with Gasteiger partial charge in [-0.1, -0.05) is 12.1 Å². The summed E-state index contributed by atoms with van der Waals surface area (Å²) in [7, 11) is -5.41. The van der Waals surface area contributed by atoms with E-state index in [0.29, 0.717) is 54.0 Å². The van der Waals surface area contributed by atoms with Crippen molar-refractivity contribution in [2.24, 2.45) is 0 Å². The summed E-state index contributed by atoms with van der Waals surface area (Å²) in [6.45, 7) is 4.80. The van der Waals surface area contributed by atoms with Crippen molar-refractivity contribution < 1.29 is 54.5 Å². The molecule has 4 aromatic rings. The van der Waals surface area contributed by atoms with E-state index in [2.05, 4.69) is 10.6 Å². The Bertz CT molecular complexity index is 2010. The maximum absolute atomic E-state index is 12.1. The van der Waals surface area contributed by atoms with Crippen LogP contribution in [0.3, 0.4) is 0 Å². The number of carbonyl (C=O) groups excluding carboxylic acids is 2. The molecule has 0 saturated heterocycles. The molecule has 0 aliphatic rings. The third kappa shape index (κ3) is 14.4. The zero-order valence-corrected chi connectivity index (χ0v) is 35.2. The van der Waals surface area contributed by atoms with Crippen molar-refractivity contribution in [1.29, 1.82) is 0 Å². The predicted molar refractivity (Wildman–Crippen MR) is 196 cm³/mol. The molecule has 14 nitrogen and oxygen atoms in total. The minimum Gasteiger partial charge on any atom is -0.493 e. The Morgan fingerprint density at radius 1 is 0.596 bits per heavy atom. The number of benzene rings is 4. The molecule has 0 heterocycles. The van der Waals surface area contributed by atoms with Crippen LogP contribution >= 0.6 is 0 Å². The van der Waals surface area contributed by atoms with Crippen LogP contribution in [-0.4, -0.2) is 114 Å². The fourth-order valence-corrected chi connectivity index (χ4v) is 5.49. The summed E-state index contributed by atoms with van der Waals surface area (Å²) in [5, 5.41) is 5.34. The van der Waals surface area contributed by atoms with E-state index in [0.717, 1.165) is 11.1 Å². The Labute approximate surface area is 343 Å². The first-order chi connectivity index (χ1) is 24.2. The number of hydrogen-bond donors (Lipinski definition) is 4. The van der Waals surface area contributed by atoms with Crippen molar-refractivity contribution >= 4 is 92.3 Å². The maximum Gasteiger partial charge on any atom is 0.294 e. The van der Waals surface area contributed by atoms with Gasteiger partial charge in [-0.25, -0.2) is 0 Å². The summed E-state index contributed by atoms with van der Waals surface area (Å²) in [5.74, 6) is 1.94. The number of aryl methyl sites for hydroxylation is 1. The van der Waals surface area contributed by atoms with E-state index in [1.807, 2.05) is 32.0 Å². The molecule has 2 amide bonds. The Hall–Kier alpha value is -3.59. The van der Waals surface area contributed by atoms with Gasteiger partial charge in [-0.2, -0.15) is 16.8 Å². The quantitative estimate of drug-likeness (QED) is 0.0916. The van der Waals surface area contributed by atoms with Crippen molar-refractivity contribution in [1.82, 2.24) is 0 Å². The molecule has 4 rings (SSSR count). The van der Waals surface area contributed by atoms with Gasteiger partial charge in [0.25, 0.3) is 20.2 Å². The molecule has 0 aliphatic carbocycles. The van der Waals surface area contributed by atoms with Gasteiger partial charge in [0.1, 0.15) is 0 Å². The second kappa shape index (κ2) is 21.2. The molecular weight excluding hydrogens is 842 g/mol. The predicted octanol–water partition coefficient (Wildman–Crippen LogP) is 5.05. The summed E-state index contributed by atoms with van der Waals surface area (Å²) in [5.41, 5.74) is 2.55. The number of ether oxygens (including phenoxy) is 4. The van der Waals surface area contributed by atoms with Gasteiger partial charge >= 0.3 is 0 Å². The van der Waals surface area contributed by atoms with Crippen molar-refractivity contribution in [3.8, 4) is 23.0 Å². The van der Waals surface area contributed by atoms with Crippen LogP contribution in [0.1, 0.15) is 31.4 Å². The van der Waals surface area contributed by atoms with E-state index >= 15 is 0 Å². The van der Waals surface area contributed by atoms with E-state index in [1.165, 1.54) is 55.6 Å². The van der Waals surface area contributed by atoms with Crippen LogP contribution in [0.4, 0.5) is 11.4 Å². The van der Waals surface area contributed by atoms with Crippen LogP contribution in [0.15, 0.2) is 94.7 Å². The molecule has 17 heteroatoms. The molecule has 52 heavy (non-hydrogen) atoms. The van der Waals surface area contributed by atoms with Crippen LogP contribution in [0.2, 0.25) is 0 Å². The minimum atomic E-state index is -4.25. The van der Waals surface area contributed by atoms with Crippen molar-refractivity contribution in [3.63, 3.8) is 0 Å². The van der Waals surface area contributed by atoms with Crippen LogP contribution in [0.5, 0.6) is 23.0 Å². The maximum atomic E-state index is 12.1. The first-order valence-electron chi connectivity index (χ1n) is 15.5. The average Bonchev–Trinajstić information content (AvgIpc) is 3.08. The van der Waals surface area contributed by atoms with Gasteiger partial charge < -0.3 is 29.6 Å². The molecule has 0 aromatic heterocycles. The topological polar surface area (TPSA) is 204 Å². The molecule has 0 saturated carbocycles. The van der Waals surface area contributed by atoms with Crippen molar-refractivity contribution in [3.05, 3.63) is 96.1 Å². The van der Waals surface area contributed by atoms with E-state index < -0.39 is 20.2 Å². The summed E-state index contributed by atoms with van der Waals surface area (Å²) in [4.78, 5) is 23.7. The number of hydrogen-bond acceptors (Lipinski definition) is 10. The summed E-state index contributed by atoms with van der Waals surface area (Å²) < 4.78 is 83.2. The number of anilines is 2. The molecule has 0 fully saturated rings. The van der Waals surface area contributed by atoms with Crippen molar-refractivity contribution in [2.45, 2.75) is 42.9 Å². The fourth-order valence-electron chi connectivity index (χ4n) is 4.53. The van der Waals surface area contributed by atoms with Gasteiger partial charge in [0.15, 0.2) is 23.0 Å². The molecule has 4 aromatic carbocycles. The summed E-state index contributed by atoms with van der Waals surface area (Å²) in [6, 6.07) is 21.3. The Morgan fingerprint density at radius 3 is 1.40 bits per heavy atom. The minimum absolute atomic E-state index is 0. The number of amides is 2. The second-order valence-corrected chi connectivity index (χ2v) is 13.5. The molecule has 0 unspecified atom stereocenters. The van der Waals surface area contributed by atoms with Gasteiger partial charge in [0.2, 0.25) is 11.8 Å². The SMILES string of the molecule is CCOc1ccc(CC(=O)Nc2ccc(S(=O)(=O)O)cc2)cc1OC.CCOc1ccc(CCC(=O)Nc2ccc(S(=O)(=O)O)cc2)cc1OC.[Ba]. The van der Waals surface area contributed by atoms with E-state index in [4.69, 9.17) is 28.1 Å². The van der Waals surface area contributed by atoms with Crippen LogP contribution in [0.25, 0.3) is 0 Å². The number of rotatable bonds is 15. The normalized spacial score (nSPS) is 10.8. The smallest absolute Gasteiger partial charge is 0.294 e. The molecular formula is C35H40BaN2O12S2. The standard InChI is InChI=1S/C18H21NO6S.C17H19NO6S.Ba/c1-3-25-16-10-4-13(12-17(16)24-2)5-11-18(20)19-14-6-8-15(9-7-14)26(21,22)23;1-3-24-15-9-4-12(10-16(15)23-2)11-17(19)18-13-5-7-14(8-6-13)25(20,21)22;/h4,6-10,12H,3,5,11H2,1-2H3,(H,19,20)(H,21,22,23);4-10H,3,11H2,1-2H3,(H,18,19)(H,20,21,22);. The number of methoxy groups -OCH3 is 2. The van der Waals surface area contributed by atoms with Gasteiger partial charge in [-0.3, -0.25) is 18.7 Å². The van der Waals surface area contributed by atoms with Crippen LogP contribution < -0.4 is 29.6 Å². The molecule has 0 bridgehead atoms. The molecule has 276 valence electrons. The number of carbonyl (C=O) groups is 2. The van der Waals surface area contributed by atoms with Gasteiger partial charge in [0, 0.05) is 66.7 Å². The average molecular weight is 882 g/mol. The van der Waals surface area contributed by atoms with Crippen molar-refractivity contribution in [2.75, 3.05) is 38.1 Å². The molecule has 0 aliphatic heterocycles. The summed E-state index contributed by atoms with van der Waals surface area (Å²) in [6.07, 6.45) is 0.873. The molecule has 0 spiro atoms. The summed E-state index contributed by atoms with van der Waals surface area (Å²) >= 11 is 0. The first-order valence-corrected chi connectivity index (χ1v) is 18.4. The van der Waals surface area contributed by atoms with Gasteiger partial charge in [-0.05, 0) is 104 Å². The Morgan fingerprint density at radius 2 is 1.00 bits per heavy atom. The van der Waals surface area contributed by atoms with Crippen LogP contribution in [0, 0.1) is 0 Å². The fraction of sp³-hybridized carbons (Fsp3) is 0.257. The van der Waals surface area contributed by atoms with Gasteiger partial charge in [0.05, 0.1) is 43.6 Å². The molecule has 0 atom stereocenters. The first kappa shape index (κ1) is 44.6. The van der Waals surface area contributed by atoms with Crippen LogP contribution in [-0.2, 0) is 42.7 Å². The molecule has 2 radical (unpaired) electrons. The zero-order valence-electron chi connectivity index (χ0n) is 29.1. The molecule has 4 N–H and O–H groups in total. The van der Waals surface area contributed by atoms with E-state index in [1.54, 1.807) is 25.3 Å². The van der Waals surface area contributed by atoms with E-state index in [9.17, 15) is 26.4 Å². The Kier molecular flexibility index (Phi) is 18.2. The monoisotopic (exact) mass is 882 g/mol. The second-order valence-electron chi connectivity index (χ2n) is 10.6. The third-order valence-corrected chi connectivity index (χ3v) is 8.67. The van der Waals surface area contributed by atoms with Gasteiger partial charge in [-0.15, -0.1) is 0 Å². The van der Waals surface area contributed by atoms with E-state index in [-0.39, 0.29) is 83.3 Å². The number of nitrogens with one attached hydrogen (secondary N) is 2.